The molecule has 0 bridgehead atoms. The summed E-state index contributed by atoms with van der Waals surface area (Å²) in [6.45, 7) is 2.39. The number of benzene rings is 3. The summed E-state index contributed by atoms with van der Waals surface area (Å²) in [5, 5.41) is 8.30. The number of hydrogen-bond acceptors (Lipinski definition) is 6. The molecule has 0 aliphatic heterocycles. The Kier molecular flexibility index (Phi) is 6.93. The number of anilines is 1. The third kappa shape index (κ3) is 4.76. The quantitative estimate of drug-likeness (QED) is 0.284. The zero-order valence-corrected chi connectivity index (χ0v) is 22.1. The van der Waals surface area contributed by atoms with E-state index in [9.17, 15) is 4.79 Å². The average molecular weight is 532 g/mol. The summed E-state index contributed by atoms with van der Waals surface area (Å²) >= 11 is 6.10. The molecule has 0 saturated heterocycles. The summed E-state index contributed by atoms with van der Waals surface area (Å²) in [6.07, 6.45) is 0. The van der Waals surface area contributed by atoms with E-state index in [4.69, 9.17) is 30.8 Å². The van der Waals surface area contributed by atoms with Gasteiger partial charge in [0.25, 0.3) is 5.91 Å². The largest absolute Gasteiger partial charge is 0.493 e. The molecule has 38 heavy (non-hydrogen) atoms. The molecule has 1 amide bonds. The van der Waals surface area contributed by atoms with Crippen LogP contribution in [0.5, 0.6) is 17.2 Å². The van der Waals surface area contributed by atoms with Crippen LogP contribution in [0.4, 0.5) is 5.82 Å². The number of nitrogens with zero attached hydrogens (tertiary/aromatic N) is 4. The highest BCUT2D eigenvalue weighted by molar-refractivity contribution is 6.30. The van der Waals surface area contributed by atoms with E-state index in [1.54, 1.807) is 22.9 Å². The fourth-order valence-electron chi connectivity index (χ4n) is 4.29. The van der Waals surface area contributed by atoms with E-state index >= 15 is 0 Å². The molecule has 1 N–H and O–H groups in total. The van der Waals surface area contributed by atoms with Crippen LogP contribution in [0.15, 0.2) is 66.7 Å². The van der Waals surface area contributed by atoms with E-state index in [1.807, 2.05) is 55.5 Å². The number of hydrogen-bond donors (Lipinski definition) is 1. The Morgan fingerprint density at radius 3 is 2.29 bits per heavy atom. The minimum atomic E-state index is -0.370. The van der Waals surface area contributed by atoms with Gasteiger partial charge < -0.3 is 24.1 Å². The zero-order valence-electron chi connectivity index (χ0n) is 21.4. The number of amides is 1. The maximum absolute atomic E-state index is 13.4. The van der Waals surface area contributed by atoms with E-state index in [0.717, 1.165) is 22.3 Å². The number of nitrogens with one attached hydrogen (secondary N) is 1. The number of para-hydroxylation sites is 2. The van der Waals surface area contributed by atoms with Crippen LogP contribution < -0.4 is 19.5 Å². The minimum absolute atomic E-state index is 0.333. The van der Waals surface area contributed by atoms with Gasteiger partial charge in [0.1, 0.15) is 5.82 Å². The molecule has 5 aromatic rings. The first-order valence-electron chi connectivity index (χ1n) is 11.8. The topological polar surface area (TPSA) is 92.4 Å². The molecule has 194 valence electrons. The first-order valence-corrected chi connectivity index (χ1v) is 12.2. The molecular weight excluding hydrogens is 506 g/mol. The van der Waals surface area contributed by atoms with Gasteiger partial charge in [0.05, 0.1) is 44.6 Å². The Bertz CT molecular complexity index is 1600. The lowest BCUT2D eigenvalue weighted by atomic mass is 10.1. The molecule has 0 fully saturated rings. The SMILES string of the molecule is COc1cc(C(=O)Nc2cc(C)nn2-c2nc3ccccc3n2Cc2ccc(Cl)cc2)cc(OC)c1OC. The van der Waals surface area contributed by atoms with E-state index < -0.39 is 0 Å². The van der Waals surface area contributed by atoms with E-state index in [1.165, 1.54) is 21.3 Å². The van der Waals surface area contributed by atoms with Crippen molar-refractivity contribution < 1.29 is 19.0 Å². The van der Waals surface area contributed by atoms with Crippen LogP contribution in [0.25, 0.3) is 17.0 Å². The predicted molar refractivity (Wildman–Crippen MR) is 146 cm³/mol. The van der Waals surface area contributed by atoms with Gasteiger partial charge in [-0.1, -0.05) is 35.9 Å². The fourth-order valence-corrected chi connectivity index (χ4v) is 4.42. The summed E-state index contributed by atoms with van der Waals surface area (Å²) in [7, 11) is 4.52. The van der Waals surface area contributed by atoms with E-state index in [2.05, 4.69) is 15.0 Å². The summed E-state index contributed by atoms with van der Waals surface area (Å²) in [5.74, 6) is 1.83. The van der Waals surface area contributed by atoms with Crippen molar-refractivity contribution in [3.63, 3.8) is 0 Å². The molecule has 2 aromatic heterocycles. The van der Waals surface area contributed by atoms with Gasteiger partial charge in [-0.2, -0.15) is 9.78 Å². The Morgan fingerprint density at radius 2 is 1.63 bits per heavy atom. The fraction of sp³-hybridized carbons (Fsp3) is 0.179. The van der Waals surface area contributed by atoms with Crippen LogP contribution in [0.2, 0.25) is 5.02 Å². The van der Waals surface area contributed by atoms with E-state index in [-0.39, 0.29) is 5.91 Å². The maximum atomic E-state index is 13.4. The second kappa shape index (κ2) is 10.5. The molecule has 0 spiro atoms. The molecule has 5 rings (SSSR count). The maximum Gasteiger partial charge on any atom is 0.257 e. The van der Waals surface area contributed by atoms with Crippen LogP contribution in [-0.4, -0.2) is 46.6 Å². The molecule has 0 unspecified atom stereocenters. The van der Waals surface area contributed by atoms with Crippen LogP contribution in [0.3, 0.4) is 0 Å². The number of halogens is 1. The van der Waals surface area contributed by atoms with Crippen molar-refractivity contribution in [2.45, 2.75) is 13.5 Å². The molecular formula is C28H26ClN5O4. The van der Waals surface area contributed by atoms with Crippen molar-refractivity contribution in [3.05, 3.63) is 88.6 Å². The lowest BCUT2D eigenvalue weighted by molar-refractivity contribution is 0.102. The Morgan fingerprint density at radius 1 is 0.947 bits per heavy atom. The molecule has 10 heteroatoms. The summed E-state index contributed by atoms with van der Waals surface area (Å²) in [5.41, 5.74) is 3.85. The number of methoxy groups -OCH3 is 3. The number of imidazole rings is 1. The van der Waals surface area contributed by atoms with Gasteiger partial charge in [-0.3, -0.25) is 4.79 Å². The highest BCUT2D eigenvalue weighted by atomic mass is 35.5. The minimum Gasteiger partial charge on any atom is -0.493 e. The number of carbonyl (C=O) groups excluding carboxylic acids is 1. The van der Waals surface area contributed by atoms with Crippen molar-refractivity contribution in [1.29, 1.82) is 0 Å². The second-order valence-electron chi connectivity index (χ2n) is 8.56. The molecule has 3 aromatic carbocycles. The predicted octanol–water partition coefficient (Wildman–Crippen LogP) is 5.51. The van der Waals surface area contributed by atoms with Crippen molar-refractivity contribution in [2.75, 3.05) is 26.6 Å². The van der Waals surface area contributed by atoms with Gasteiger partial charge in [-0.15, -0.1) is 0 Å². The lowest BCUT2D eigenvalue weighted by Crippen LogP contribution is -2.17. The molecule has 9 nitrogen and oxygen atoms in total. The molecule has 0 saturated carbocycles. The number of fused-ring (bicyclic) bond motifs is 1. The lowest BCUT2D eigenvalue weighted by Gasteiger charge is -2.15. The van der Waals surface area contributed by atoms with E-state index in [0.29, 0.717) is 46.1 Å². The Hall–Kier alpha value is -4.50. The summed E-state index contributed by atoms with van der Waals surface area (Å²) < 4.78 is 19.9. The normalized spacial score (nSPS) is 11.0. The van der Waals surface area contributed by atoms with Crippen LogP contribution in [-0.2, 0) is 6.54 Å². The van der Waals surface area contributed by atoms with Crippen molar-refractivity contribution >= 4 is 34.4 Å². The number of aryl methyl sites for hydroxylation is 1. The van der Waals surface area contributed by atoms with Crippen molar-refractivity contribution in [1.82, 2.24) is 19.3 Å². The van der Waals surface area contributed by atoms with Gasteiger partial charge in [0.15, 0.2) is 11.5 Å². The molecule has 0 atom stereocenters. The highest BCUT2D eigenvalue weighted by Crippen LogP contribution is 2.38. The Balaban J connectivity index is 1.56. The summed E-state index contributed by atoms with van der Waals surface area (Å²) in [6, 6.07) is 20.5. The second-order valence-corrected chi connectivity index (χ2v) is 9.00. The molecule has 0 aliphatic carbocycles. The first kappa shape index (κ1) is 25.2. The standard InChI is InChI=1S/C28H26ClN5O4/c1-17-13-25(31-27(35)19-14-23(36-2)26(38-4)24(15-19)37-3)34(32-17)28-30-21-7-5-6-8-22(21)33(28)16-18-9-11-20(29)12-10-18/h5-15H,16H2,1-4H3,(H,31,35). The van der Waals surface area contributed by atoms with Gasteiger partial charge in [0, 0.05) is 16.7 Å². The first-order chi connectivity index (χ1) is 18.4. The van der Waals surface area contributed by atoms with Crippen molar-refractivity contribution in [3.8, 4) is 23.2 Å². The number of aromatic nitrogens is 4. The molecule has 2 heterocycles. The number of ether oxygens (including phenoxy) is 3. The number of rotatable bonds is 8. The Labute approximate surface area is 224 Å². The summed E-state index contributed by atoms with van der Waals surface area (Å²) in [4.78, 5) is 18.2. The van der Waals surface area contributed by atoms with Gasteiger partial charge >= 0.3 is 0 Å². The highest BCUT2D eigenvalue weighted by Gasteiger charge is 2.21. The smallest absolute Gasteiger partial charge is 0.257 e. The van der Waals surface area contributed by atoms with Crippen LogP contribution in [0.1, 0.15) is 21.6 Å². The average Bonchev–Trinajstić information content (AvgIpc) is 3.48. The van der Waals surface area contributed by atoms with Crippen molar-refractivity contribution in [2.24, 2.45) is 0 Å². The molecule has 0 aliphatic rings. The van der Waals surface area contributed by atoms with Crippen LogP contribution in [0, 0.1) is 6.92 Å². The van der Waals surface area contributed by atoms with Crippen LogP contribution >= 0.6 is 11.6 Å². The zero-order chi connectivity index (χ0) is 26.8. The third-order valence-corrected chi connectivity index (χ3v) is 6.33. The molecule has 0 radical (unpaired) electrons. The monoisotopic (exact) mass is 531 g/mol. The van der Waals surface area contributed by atoms with Gasteiger partial charge in [0.2, 0.25) is 11.7 Å². The number of carbonyl (C=O) groups is 1. The third-order valence-electron chi connectivity index (χ3n) is 6.08. The van der Waals surface area contributed by atoms with Gasteiger partial charge in [-0.25, -0.2) is 4.98 Å². The van der Waals surface area contributed by atoms with Gasteiger partial charge in [-0.05, 0) is 48.9 Å².